The molecule has 2 aliphatic rings. The number of fused-ring (bicyclic) bond motifs is 1. The highest BCUT2D eigenvalue weighted by Gasteiger charge is 2.55. The molecule has 2 heterocycles. The highest BCUT2D eigenvalue weighted by atomic mass is 79.9. The number of ether oxygens (including phenoxy) is 1. The van der Waals surface area contributed by atoms with Crippen molar-refractivity contribution >= 4 is 27.8 Å². The molecule has 0 spiro atoms. The lowest BCUT2D eigenvalue weighted by molar-refractivity contribution is -0.204. The molecule has 0 aliphatic carbocycles. The molecule has 106 valence electrons. The molecule has 1 fully saturated rings. The van der Waals surface area contributed by atoms with E-state index in [1.54, 1.807) is 4.90 Å². The maximum absolute atomic E-state index is 12.4. The van der Waals surface area contributed by atoms with Crippen LogP contribution in [0.3, 0.4) is 0 Å². The fraction of sp³-hybridized carbons (Fsp3) is 0.429. The van der Waals surface area contributed by atoms with Gasteiger partial charge in [0.15, 0.2) is 0 Å². The number of carbonyl (C=O) groups excluding carboxylic acids is 1. The van der Waals surface area contributed by atoms with E-state index in [0.29, 0.717) is 19.7 Å². The number of nitrogens with zero attached hydrogens (tertiary/aromatic N) is 1. The van der Waals surface area contributed by atoms with Crippen LogP contribution in [0, 0.1) is 0 Å². The van der Waals surface area contributed by atoms with Crippen LogP contribution < -0.4 is 0 Å². The molecular formula is C14H14BrNO4. The van der Waals surface area contributed by atoms with Crippen molar-refractivity contribution in [2.75, 3.05) is 13.2 Å². The molecule has 6 heteroatoms. The number of amides is 1. The van der Waals surface area contributed by atoms with Crippen LogP contribution in [-0.4, -0.2) is 40.6 Å². The van der Waals surface area contributed by atoms with E-state index in [-0.39, 0.29) is 6.42 Å². The highest BCUT2D eigenvalue weighted by Crippen LogP contribution is 2.32. The Morgan fingerprint density at radius 2 is 2.10 bits per heavy atom. The first-order valence-corrected chi connectivity index (χ1v) is 7.26. The summed E-state index contributed by atoms with van der Waals surface area (Å²) in [6, 6.07) is 5.99. The molecule has 1 amide bonds. The zero-order valence-corrected chi connectivity index (χ0v) is 12.4. The topological polar surface area (TPSA) is 66.8 Å². The van der Waals surface area contributed by atoms with Gasteiger partial charge in [-0.05, 0) is 29.7 Å². The molecule has 0 bridgehead atoms. The lowest BCUT2D eigenvalue weighted by Crippen LogP contribution is -2.62. The lowest BCUT2D eigenvalue weighted by atomic mass is 9.91. The van der Waals surface area contributed by atoms with E-state index >= 15 is 0 Å². The average molecular weight is 340 g/mol. The van der Waals surface area contributed by atoms with Gasteiger partial charge in [-0.1, -0.05) is 22.0 Å². The largest absolute Gasteiger partial charge is 0.479 e. The van der Waals surface area contributed by atoms with Gasteiger partial charge in [0.1, 0.15) is 0 Å². The molecule has 1 saturated heterocycles. The van der Waals surface area contributed by atoms with E-state index in [0.717, 1.165) is 16.5 Å². The van der Waals surface area contributed by atoms with Crippen molar-refractivity contribution in [2.24, 2.45) is 0 Å². The van der Waals surface area contributed by atoms with Crippen molar-refractivity contribution in [1.82, 2.24) is 4.90 Å². The molecule has 3 rings (SSSR count). The van der Waals surface area contributed by atoms with Gasteiger partial charge in [0.05, 0.1) is 6.61 Å². The van der Waals surface area contributed by atoms with Crippen LogP contribution in [0.2, 0.25) is 0 Å². The predicted octanol–water partition coefficient (Wildman–Crippen LogP) is 1.58. The van der Waals surface area contributed by atoms with Crippen LogP contribution in [0.25, 0.3) is 0 Å². The number of hydrogen-bond acceptors (Lipinski definition) is 3. The maximum Gasteiger partial charge on any atom is 0.346 e. The van der Waals surface area contributed by atoms with Gasteiger partial charge in [0, 0.05) is 24.0 Å². The number of carbonyl (C=O) groups is 2. The van der Waals surface area contributed by atoms with E-state index in [2.05, 4.69) is 15.9 Å². The quantitative estimate of drug-likeness (QED) is 0.830. The number of carboxylic acids is 1. The molecule has 0 aromatic heterocycles. The van der Waals surface area contributed by atoms with Crippen LogP contribution in [0.5, 0.6) is 0 Å². The van der Waals surface area contributed by atoms with E-state index in [1.807, 2.05) is 18.2 Å². The maximum atomic E-state index is 12.4. The fourth-order valence-corrected chi connectivity index (χ4v) is 3.10. The fourth-order valence-electron chi connectivity index (χ4n) is 2.69. The minimum atomic E-state index is -1.65. The summed E-state index contributed by atoms with van der Waals surface area (Å²) in [5, 5.41) is 9.24. The minimum Gasteiger partial charge on any atom is -0.479 e. The van der Waals surface area contributed by atoms with E-state index < -0.39 is 17.5 Å². The summed E-state index contributed by atoms with van der Waals surface area (Å²) in [6.45, 7) is 1.30. The number of carboxylic acid groups (broad SMARTS) is 1. The number of rotatable bonds is 2. The van der Waals surface area contributed by atoms with Gasteiger partial charge in [0.25, 0.3) is 5.91 Å². The molecule has 1 atom stereocenters. The van der Waals surface area contributed by atoms with Crippen LogP contribution in [0.1, 0.15) is 17.5 Å². The second-order valence-corrected chi connectivity index (χ2v) is 6.04. The SMILES string of the molecule is O=C(O)C1(C(=O)N2CCc3ccc(Br)cc3C2)CCO1. The summed E-state index contributed by atoms with van der Waals surface area (Å²) < 4.78 is 6.06. The average Bonchev–Trinajstić information content (AvgIpc) is 2.35. The summed E-state index contributed by atoms with van der Waals surface area (Å²) in [6.07, 6.45) is 0.993. The molecule has 2 aliphatic heterocycles. The monoisotopic (exact) mass is 339 g/mol. The molecule has 1 aromatic carbocycles. The van der Waals surface area contributed by atoms with E-state index in [4.69, 9.17) is 4.74 Å². The Morgan fingerprint density at radius 3 is 2.70 bits per heavy atom. The Kier molecular flexibility index (Phi) is 3.30. The van der Waals surface area contributed by atoms with E-state index in [9.17, 15) is 14.7 Å². The Hall–Kier alpha value is -1.40. The number of benzene rings is 1. The molecule has 0 radical (unpaired) electrons. The Morgan fingerprint density at radius 1 is 1.35 bits per heavy atom. The van der Waals surface area contributed by atoms with Gasteiger partial charge in [-0.3, -0.25) is 4.79 Å². The van der Waals surface area contributed by atoms with Crippen molar-refractivity contribution in [1.29, 1.82) is 0 Å². The molecule has 20 heavy (non-hydrogen) atoms. The molecule has 0 saturated carbocycles. The van der Waals surface area contributed by atoms with Crippen LogP contribution in [-0.2, 0) is 27.3 Å². The minimum absolute atomic E-state index is 0.253. The van der Waals surface area contributed by atoms with Crippen molar-refractivity contribution in [3.05, 3.63) is 33.8 Å². The summed E-state index contributed by atoms with van der Waals surface area (Å²) in [5.74, 6) is -1.62. The molecule has 1 N–H and O–H groups in total. The second-order valence-electron chi connectivity index (χ2n) is 5.12. The van der Waals surface area contributed by atoms with Crippen molar-refractivity contribution in [3.8, 4) is 0 Å². The summed E-state index contributed by atoms with van der Waals surface area (Å²) >= 11 is 3.41. The Bertz CT molecular complexity index is 583. The lowest BCUT2D eigenvalue weighted by Gasteiger charge is -2.41. The van der Waals surface area contributed by atoms with Gasteiger partial charge in [-0.2, -0.15) is 0 Å². The first-order chi connectivity index (χ1) is 9.53. The molecular weight excluding hydrogens is 326 g/mol. The van der Waals surface area contributed by atoms with Gasteiger partial charge >= 0.3 is 5.97 Å². The molecule has 1 aromatic rings. The third-order valence-electron chi connectivity index (χ3n) is 3.96. The number of aliphatic carboxylic acids is 1. The number of hydrogen-bond donors (Lipinski definition) is 1. The van der Waals surface area contributed by atoms with Gasteiger partial charge in [-0.25, -0.2) is 4.79 Å². The molecule has 1 unspecified atom stereocenters. The first-order valence-electron chi connectivity index (χ1n) is 6.47. The van der Waals surface area contributed by atoms with E-state index in [1.165, 1.54) is 5.56 Å². The van der Waals surface area contributed by atoms with Crippen LogP contribution in [0.15, 0.2) is 22.7 Å². The molecule has 5 nitrogen and oxygen atoms in total. The highest BCUT2D eigenvalue weighted by molar-refractivity contribution is 9.10. The number of halogens is 1. The van der Waals surface area contributed by atoms with Crippen LogP contribution in [0.4, 0.5) is 0 Å². The van der Waals surface area contributed by atoms with Gasteiger partial charge < -0.3 is 14.7 Å². The summed E-state index contributed by atoms with van der Waals surface area (Å²) in [7, 11) is 0. The Labute approximate surface area is 124 Å². The van der Waals surface area contributed by atoms with Crippen molar-refractivity contribution in [3.63, 3.8) is 0 Å². The first kappa shape index (κ1) is 13.6. The van der Waals surface area contributed by atoms with Crippen LogP contribution >= 0.6 is 15.9 Å². The van der Waals surface area contributed by atoms with Crippen molar-refractivity contribution < 1.29 is 19.4 Å². The van der Waals surface area contributed by atoms with Gasteiger partial charge in [-0.15, -0.1) is 0 Å². The standard InChI is InChI=1S/C14H14BrNO4/c15-11-2-1-9-3-5-16(8-10(9)7-11)12(17)14(13(18)19)4-6-20-14/h1-2,7H,3-6,8H2,(H,18,19). The van der Waals surface area contributed by atoms with Gasteiger partial charge in [0.2, 0.25) is 5.60 Å². The van der Waals surface area contributed by atoms with Crippen molar-refractivity contribution in [2.45, 2.75) is 25.0 Å². The summed E-state index contributed by atoms with van der Waals surface area (Å²) in [4.78, 5) is 25.3. The zero-order chi connectivity index (χ0) is 14.3. The predicted molar refractivity (Wildman–Crippen MR) is 74.2 cm³/mol. The Balaban J connectivity index is 1.83. The summed E-state index contributed by atoms with van der Waals surface area (Å²) in [5.41, 5.74) is 0.610. The third-order valence-corrected chi connectivity index (χ3v) is 4.45. The normalized spacial score (nSPS) is 24.8. The zero-order valence-electron chi connectivity index (χ0n) is 10.8. The third kappa shape index (κ3) is 2.03. The smallest absolute Gasteiger partial charge is 0.346 e. The second kappa shape index (κ2) is 4.86.